The molecule has 1 rings (SSSR count). The van der Waals surface area contributed by atoms with E-state index in [0.717, 1.165) is 0 Å². The first-order chi connectivity index (χ1) is 13.4. The third-order valence-corrected chi connectivity index (χ3v) is 5.57. The molecule has 0 aliphatic rings. The van der Waals surface area contributed by atoms with E-state index in [1.165, 1.54) is 6.92 Å². The Hall–Kier alpha value is -0.850. The largest absolute Gasteiger partial charge is 1.00 e. The Morgan fingerprint density at radius 2 is 1.67 bits per heavy atom. The van der Waals surface area contributed by atoms with E-state index in [-0.39, 0.29) is 43.5 Å². The number of aliphatic hydroxyl groups is 1. The Bertz CT molecular complexity index is 796. The van der Waals surface area contributed by atoms with Crippen LogP contribution in [-0.4, -0.2) is 47.3 Å². The van der Waals surface area contributed by atoms with Crippen molar-refractivity contribution in [2.75, 3.05) is 0 Å². The summed E-state index contributed by atoms with van der Waals surface area (Å²) < 4.78 is 36.8. The van der Waals surface area contributed by atoms with Gasteiger partial charge in [-0.1, -0.05) is 51.1 Å². The van der Waals surface area contributed by atoms with Crippen molar-refractivity contribution < 1.29 is 63.4 Å². The first-order valence-corrected chi connectivity index (χ1v) is 10.8. The number of benzene rings is 1. The van der Waals surface area contributed by atoms with Gasteiger partial charge in [-0.2, -0.15) is 8.42 Å². The number of Topliss-reactive ketones (excluding diaryl/α,β-unsaturated/α-hetero) is 1. The van der Waals surface area contributed by atoms with Crippen LogP contribution in [0.5, 0.6) is 0 Å². The summed E-state index contributed by atoms with van der Waals surface area (Å²) in [5.41, 5.74) is 10.0. The number of carbonyl (C=O) groups excluding carboxylic acids is 2. The van der Waals surface area contributed by atoms with Gasteiger partial charge >= 0.3 is 35.5 Å². The molecule has 9 nitrogen and oxygen atoms in total. The number of hydrogen-bond donors (Lipinski definition) is 4. The fraction of sp³-hybridized carbons (Fsp3) is 0.579. The molecule has 5 atom stereocenters. The minimum absolute atomic E-state index is 0. The van der Waals surface area contributed by atoms with Gasteiger partial charge in [-0.15, -0.1) is 0 Å². The van der Waals surface area contributed by atoms with Crippen LogP contribution in [0.25, 0.3) is 0 Å². The van der Waals surface area contributed by atoms with Crippen molar-refractivity contribution in [2.24, 2.45) is 29.2 Å². The van der Waals surface area contributed by atoms with Gasteiger partial charge in [0.05, 0.1) is 12.1 Å². The van der Waals surface area contributed by atoms with Crippen molar-refractivity contribution in [2.45, 2.75) is 51.3 Å². The molecule has 1 aromatic carbocycles. The van der Waals surface area contributed by atoms with Crippen molar-refractivity contribution in [1.82, 2.24) is 0 Å². The molecule has 0 aliphatic heterocycles. The Morgan fingerprint density at radius 1 is 1.13 bits per heavy atom. The SMILES string of the molecule is CC(C)C[C@@H](N)C(=O)C(C(=O)OCc1ccccc1)C(C)C(N)C(O)S(=O)(=O)O.[H-].[Na+]. The second-order valence-electron chi connectivity index (χ2n) is 7.55. The van der Waals surface area contributed by atoms with Crippen LogP contribution in [0.4, 0.5) is 0 Å². The molecule has 0 amide bonds. The first-order valence-electron chi connectivity index (χ1n) is 9.26. The molecule has 30 heavy (non-hydrogen) atoms. The third-order valence-electron chi connectivity index (χ3n) is 4.64. The zero-order valence-electron chi connectivity index (χ0n) is 18.8. The van der Waals surface area contributed by atoms with E-state index in [2.05, 4.69) is 0 Å². The number of rotatable bonds is 11. The van der Waals surface area contributed by atoms with Gasteiger partial charge in [-0.05, 0) is 23.8 Å². The van der Waals surface area contributed by atoms with Crippen molar-refractivity contribution >= 4 is 21.9 Å². The van der Waals surface area contributed by atoms with Gasteiger partial charge in [0.2, 0.25) is 0 Å². The molecule has 0 spiro atoms. The molecule has 4 unspecified atom stereocenters. The van der Waals surface area contributed by atoms with E-state index < -0.39 is 51.2 Å². The zero-order chi connectivity index (χ0) is 22.4. The molecular formula is C19H31N2NaO7S. The monoisotopic (exact) mass is 454 g/mol. The minimum Gasteiger partial charge on any atom is -1.00 e. The number of nitrogens with two attached hydrogens (primary N) is 2. The van der Waals surface area contributed by atoms with E-state index >= 15 is 0 Å². The second kappa shape index (κ2) is 12.9. The van der Waals surface area contributed by atoms with Crippen LogP contribution in [0, 0.1) is 17.8 Å². The molecule has 0 saturated carbocycles. The van der Waals surface area contributed by atoms with E-state index in [0.29, 0.717) is 12.0 Å². The molecule has 0 bridgehead atoms. The Kier molecular flexibility index (Phi) is 12.5. The summed E-state index contributed by atoms with van der Waals surface area (Å²) in [4.78, 5) is 25.6. The number of ketones is 1. The predicted octanol–water partition coefficient (Wildman–Crippen LogP) is -2.43. The topological polar surface area (TPSA) is 170 Å². The van der Waals surface area contributed by atoms with Gasteiger partial charge in [0, 0.05) is 0 Å². The van der Waals surface area contributed by atoms with Gasteiger partial charge in [-0.3, -0.25) is 14.1 Å². The van der Waals surface area contributed by atoms with Crippen molar-refractivity contribution in [3.8, 4) is 0 Å². The van der Waals surface area contributed by atoms with Crippen molar-refractivity contribution in [3.63, 3.8) is 0 Å². The standard InChI is InChI=1S/C19H30N2O7S.Na.H/c1-11(2)9-14(20)17(22)15(12(3)16(21)19(24)29(25,26)27)18(23)28-10-13-7-5-4-6-8-13;;/h4-8,11-12,14-16,19,24H,9-10,20-21H2,1-3H3,(H,25,26,27);;/q;+1;-1/t12?,14-,15?,16?,19?;;/m1../s1. The van der Waals surface area contributed by atoms with Crippen molar-refractivity contribution in [3.05, 3.63) is 35.9 Å². The maximum atomic E-state index is 12.9. The quantitative estimate of drug-likeness (QED) is 0.123. The van der Waals surface area contributed by atoms with Crippen LogP contribution >= 0.6 is 0 Å². The summed E-state index contributed by atoms with van der Waals surface area (Å²) in [6.45, 7) is 4.93. The molecule has 0 aromatic heterocycles. The molecule has 6 N–H and O–H groups in total. The van der Waals surface area contributed by atoms with Crippen LogP contribution in [0.2, 0.25) is 0 Å². The molecule has 0 saturated heterocycles. The van der Waals surface area contributed by atoms with Gasteiger partial charge < -0.3 is 22.7 Å². The van der Waals surface area contributed by atoms with Crippen LogP contribution in [0.1, 0.15) is 34.2 Å². The summed E-state index contributed by atoms with van der Waals surface area (Å²) in [6, 6.07) is 6.14. The van der Waals surface area contributed by atoms with E-state index in [1.54, 1.807) is 30.3 Å². The van der Waals surface area contributed by atoms with E-state index in [9.17, 15) is 23.1 Å². The number of carbonyl (C=O) groups is 2. The first kappa shape index (κ1) is 29.1. The Morgan fingerprint density at radius 3 is 2.13 bits per heavy atom. The minimum atomic E-state index is -4.89. The molecule has 0 aliphatic carbocycles. The number of esters is 1. The number of hydrogen-bond acceptors (Lipinski definition) is 8. The smallest absolute Gasteiger partial charge is 1.00 e. The molecule has 0 radical (unpaired) electrons. The maximum absolute atomic E-state index is 12.9. The van der Waals surface area contributed by atoms with E-state index in [4.69, 9.17) is 20.8 Å². The van der Waals surface area contributed by atoms with E-state index in [1.807, 2.05) is 13.8 Å². The van der Waals surface area contributed by atoms with Gasteiger partial charge in [0.25, 0.3) is 10.1 Å². The zero-order valence-corrected chi connectivity index (χ0v) is 20.6. The summed E-state index contributed by atoms with van der Waals surface area (Å²) in [5.74, 6) is -4.19. The van der Waals surface area contributed by atoms with Gasteiger partial charge in [0.15, 0.2) is 11.2 Å². The summed E-state index contributed by atoms with van der Waals surface area (Å²) >= 11 is 0. The third kappa shape index (κ3) is 8.72. The second-order valence-corrected chi connectivity index (χ2v) is 9.06. The summed E-state index contributed by atoms with van der Waals surface area (Å²) in [7, 11) is -4.89. The molecule has 0 heterocycles. The van der Waals surface area contributed by atoms with Crippen LogP contribution in [0.15, 0.2) is 30.3 Å². The molecule has 1 aromatic rings. The van der Waals surface area contributed by atoms with Crippen molar-refractivity contribution in [1.29, 1.82) is 0 Å². The van der Waals surface area contributed by atoms with Crippen LogP contribution < -0.4 is 41.0 Å². The molecule has 11 heteroatoms. The molecule has 166 valence electrons. The van der Waals surface area contributed by atoms with Crippen LogP contribution in [-0.2, 0) is 31.1 Å². The van der Waals surface area contributed by atoms with Crippen LogP contribution in [0.3, 0.4) is 0 Å². The normalized spacial score (nSPS) is 16.7. The Balaban J connectivity index is 0. The summed E-state index contributed by atoms with van der Waals surface area (Å²) in [6.07, 6.45) is 0.296. The number of aliphatic hydroxyl groups excluding tert-OH is 1. The van der Waals surface area contributed by atoms with Gasteiger partial charge in [0.1, 0.15) is 12.5 Å². The average molecular weight is 455 g/mol. The maximum Gasteiger partial charge on any atom is 1.00 e. The summed E-state index contributed by atoms with van der Waals surface area (Å²) in [5, 5.41) is 9.77. The predicted molar refractivity (Wildman–Crippen MR) is 108 cm³/mol. The number of ether oxygens (including phenoxy) is 1. The Labute approximate surface area is 201 Å². The fourth-order valence-electron chi connectivity index (χ4n) is 2.94. The molecule has 0 fully saturated rings. The van der Waals surface area contributed by atoms with Gasteiger partial charge in [-0.25, -0.2) is 0 Å². The molecular weight excluding hydrogens is 423 g/mol. The average Bonchev–Trinajstić information content (AvgIpc) is 2.64. The fourth-order valence-corrected chi connectivity index (χ4v) is 3.59.